The van der Waals surface area contributed by atoms with Gasteiger partial charge in [-0.1, -0.05) is 36.0 Å². The van der Waals surface area contributed by atoms with Crippen LogP contribution < -0.4 is 5.32 Å². The smallest absolute Gasteiger partial charge is 0.325 e. The van der Waals surface area contributed by atoms with Gasteiger partial charge in [0.05, 0.1) is 28.0 Å². The van der Waals surface area contributed by atoms with Crippen molar-refractivity contribution < 1.29 is 18.0 Å². The first-order valence-corrected chi connectivity index (χ1v) is 8.93. The summed E-state index contributed by atoms with van der Waals surface area (Å²) in [6.07, 6.45) is -4.52. The van der Waals surface area contributed by atoms with E-state index in [-0.39, 0.29) is 11.4 Å². The molecule has 0 radical (unpaired) electrons. The molecule has 0 spiro atoms. The van der Waals surface area contributed by atoms with E-state index in [0.717, 1.165) is 17.1 Å². The third kappa shape index (κ3) is 3.85. The molecule has 8 heteroatoms. The van der Waals surface area contributed by atoms with Gasteiger partial charge in [0.2, 0.25) is 5.91 Å². The number of rotatable bonds is 5. The molecule has 0 bridgehead atoms. The number of halogens is 3. The lowest BCUT2D eigenvalue weighted by Gasteiger charge is -2.13. The van der Waals surface area contributed by atoms with Crippen molar-refractivity contribution in [2.24, 2.45) is 0 Å². The average Bonchev–Trinajstić information content (AvgIpc) is 2.97. The van der Waals surface area contributed by atoms with Gasteiger partial charge in [-0.15, -0.1) is 0 Å². The van der Waals surface area contributed by atoms with Crippen molar-refractivity contribution in [1.82, 2.24) is 9.55 Å². The summed E-state index contributed by atoms with van der Waals surface area (Å²) in [4.78, 5) is 16.6. The third-order valence-electron chi connectivity index (χ3n) is 3.77. The van der Waals surface area contributed by atoms with Crippen molar-refractivity contribution in [2.75, 3.05) is 11.1 Å². The lowest BCUT2D eigenvalue weighted by Crippen LogP contribution is -2.18. The van der Waals surface area contributed by atoms with E-state index < -0.39 is 17.6 Å². The number of anilines is 1. The number of nitrogens with zero attached hydrogens (tertiary/aromatic N) is 2. The molecule has 0 unspecified atom stereocenters. The first-order valence-electron chi connectivity index (χ1n) is 7.94. The summed E-state index contributed by atoms with van der Waals surface area (Å²) in [6, 6.07) is 12.5. The number of alkyl halides is 3. The Balaban J connectivity index is 1.73. The molecule has 4 nitrogen and oxygen atoms in total. The van der Waals surface area contributed by atoms with Crippen LogP contribution in [0.25, 0.3) is 11.0 Å². The monoisotopic (exact) mass is 379 g/mol. The fourth-order valence-electron chi connectivity index (χ4n) is 2.62. The van der Waals surface area contributed by atoms with Gasteiger partial charge in [0.15, 0.2) is 5.16 Å². The number of hydrogen-bond acceptors (Lipinski definition) is 3. The molecule has 0 atom stereocenters. The summed E-state index contributed by atoms with van der Waals surface area (Å²) < 4.78 is 41.0. The van der Waals surface area contributed by atoms with E-state index in [4.69, 9.17) is 0 Å². The van der Waals surface area contributed by atoms with Crippen molar-refractivity contribution in [2.45, 2.75) is 24.8 Å². The Labute approximate surface area is 152 Å². The number of aryl methyl sites for hydroxylation is 1. The maximum atomic E-state index is 13.0. The Morgan fingerprint density at radius 2 is 1.85 bits per heavy atom. The zero-order valence-electron chi connectivity index (χ0n) is 13.9. The highest BCUT2D eigenvalue weighted by atomic mass is 32.2. The number of fused-ring (bicyclic) bond motifs is 1. The van der Waals surface area contributed by atoms with E-state index in [1.807, 2.05) is 35.8 Å². The fourth-order valence-corrected chi connectivity index (χ4v) is 3.50. The molecule has 1 amide bonds. The Morgan fingerprint density at radius 1 is 1.15 bits per heavy atom. The predicted octanol–water partition coefficient (Wildman–Crippen LogP) is 4.81. The van der Waals surface area contributed by atoms with Crippen LogP contribution in [0, 0.1) is 0 Å². The highest BCUT2D eigenvalue weighted by molar-refractivity contribution is 7.99. The van der Waals surface area contributed by atoms with E-state index in [9.17, 15) is 18.0 Å². The Bertz CT molecular complexity index is 937. The number of para-hydroxylation sites is 3. The second kappa shape index (κ2) is 7.41. The van der Waals surface area contributed by atoms with E-state index in [0.29, 0.717) is 11.7 Å². The summed E-state index contributed by atoms with van der Waals surface area (Å²) >= 11 is 1.20. The molecule has 0 saturated carbocycles. The van der Waals surface area contributed by atoms with Crippen LogP contribution in [-0.4, -0.2) is 21.2 Å². The van der Waals surface area contributed by atoms with Gasteiger partial charge in [-0.2, -0.15) is 13.2 Å². The molecule has 0 aliphatic heterocycles. The lowest BCUT2D eigenvalue weighted by molar-refractivity contribution is -0.137. The number of aromatic nitrogens is 2. The molecule has 1 N–H and O–H groups in total. The summed E-state index contributed by atoms with van der Waals surface area (Å²) in [5.74, 6) is -0.545. The van der Waals surface area contributed by atoms with E-state index >= 15 is 0 Å². The predicted molar refractivity (Wildman–Crippen MR) is 96.2 cm³/mol. The van der Waals surface area contributed by atoms with E-state index in [1.54, 1.807) is 0 Å². The number of amides is 1. The highest BCUT2D eigenvalue weighted by Crippen LogP contribution is 2.34. The van der Waals surface area contributed by atoms with Crippen LogP contribution in [0.1, 0.15) is 12.5 Å². The van der Waals surface area contributed by atoms with Gasteiger partial charge >= 0.3 is 6.18 Å². The number of benzene rings is 2. The largest absolute Gasteiger partial charge is 0.418 e. The number of carbonyl (C=O) groups is 1. The van der Waals surface area contributed by atoms with Gasteiger partial charge in [-0.3, -0.25) is 4.79 Å². The zero-order valence-corrected chi connectivity index (χ0v) is 14.7. The normalized spacial score (nSPS) is 11.7. The lowest BCUT2D eigenvalue weighted by atomic mass is 10.1. The minimum Gasteiger partial charge on any atom is -0.325 e. The quantitative estimate of drug-likeness (QED) is 0.648. The molecule has 2 aromatic carbocycles. The molecular formula is C18H16F3N3OS. The molecule has 0 saturated heterocycles. The minimum atomic E-state index is -4.52. The first-order chi connectivity index (χ1) is 12.4. The van der Waals surface area contributed by atoms with Crippen LogP contribution in [-0.2, 0) is 17.5 Å². The maximum Gasteiger partial charge on any atom is 0.418 e. The molecule has 1 heterocycles. The molecule has 0 aliphatic rings. The van der Waals surface area contributed by atoms with Crippen LogP contribution in [0.2, 0.25) is 0 Å². The SMILES string of the molecule is CCn1c(SCC(=O)Nc2ccccc2C(F)(F)F)nc2ccccc21. The number of carbonyl (C=O) groups excluding carboxylic acids is 1. The van der Waals surface area contributed by atoms with E-state index in [2.05, 4.69) is 10.3 Å². The van der Waals surface area contributed by atoms with Crippen LogP contribution in [0.4, 0.5) is 18.9 Å². The Kier molecular flexibility index (Phi) is 5.22. The molecule has 26 heavy (non-hydrogen) atoms. The van der Waals surface area contributed by atoms with Gasteiger partial charge in [0.25, 0.3) is 0 Å². The molecule has 0 fully saturated rings. The summed E-state index contributed by atoms with van der Waals surface area (Å²) in [5.41, 5.74) is 0.675. The molecule has 1 aromatic heterocycles. The Morgan fingerprint density at radius 3 is 2.58 bits per heavy atom. The zero-order chi connectivity index (χ0) is 18.7. The molecule has 3 rings (SSSR count). The number of thioether (sulfide) groups is 1. The van der Waals surface area contributed by atoms with Crippen LogP contribution in [0.15, 0.2) is 53.7 Å². The Hall–Kier alpha value is -2.48. The van der Waals surface area contributed by atoms with Crippen molar-refractivity contribution in [3.63, 3.8) is 0 Å². The third-order valence-corrected chi connectivity index (χ3v) is 4.75. The molecule has 3 aromatic rings. The maximum absolute atomic E-state index is 13.0. The summed E-state index contributed by atoms with van der Waals surface area (Å²) in [6.45, 7) is 2.65. The van der Waals surface area contributed by atoms with Gasteiger partial charge in [0, 0.05) is 6.54 Å². The van der Waals surface area contributed by atoms with Crippen molar-refractivity contribution >= 4 is 34.4 Å². The second-order valence-electron chi connectivity index (χ2n) is 5.51. The van der Waals surface area contributed by atoms with Crippen molar-refractivity contribution in [3.05, 3.63) is 54.1 Å². The first kappa shape index (κ1) is 18.3. The average molecular weight is 379 g/mol. The summed E-state index contributed by atoms with van der Waals surface area (Å²) in [5, 5.41) is 3.00. The number of imidazole rings is 1. The standard InChI is InChI=1S/C18H16F3N3OS/c1-2-24-15-10-6-5-9-14(15)23-17(24)26-11-16(25)22-13-8-4-3-7-12(13)18(19,20)21/h3-10H,2,11H2,1H3,(H,22,25). The van der Waals surface area contributed by atoms with E-state index in [1.165, 1.54) is 30.0 Å². The topological polar surface area (TPSA) is 46.9 Å². The molecular weight excluding hydrogens is 363 g/mol. The van der Waals surface area contributed by atoms with Crippen molar-refractivity contribution in [3.8, 4) is 0 Å². The van der Waals surface area contributed by atoms with Crippen molar-refractivity contribution in [1.29, 1.82) is 0 Å². The number of hydrogen-bond donors (Lipinski definition) is 1. The minimum absolute atomic E-state index is 0.0322. The van der Waals surface area contributed by atoms with Gasteiger partial charge < -0.3 is 9.88 Å². The second-order valence-corrected chi connectivity index (χ2v) is 6.45. The van der Waals surface area contributed by atoms with Gasteiger partial charge in [-0.05, 0) is 31.2 Å². The molecule has 136 valence electrons. The van der Waals surface area contributed by atoms with Gasteiger partial charge in [0.1, 0.15) is 0 Å². The highest BCUT2D eigenvalue weighted by Gasteiger charge is 2.33. The molecule has 0 aliphatic carbocycles. The van der Waals surface area contributed by atoms with Crippen LogP contribution >= 0.6 is 11.8 Å². The van der Waals surface area contributed by atoms with Crippen LogP contribution in [0.3, 0.4) is 0 Å². The number of nitrogens with one attached hydrogen (secondary N) is 1. The summed E-state index contributed by atoms with van der Waals surface area (Å²) in [7, 11) is 0. The fraction of sp³-hybridized carbons (Fsp3) is 0.222. The van der Waals surface area contributed by atoms with Crippen LogP contribution in [0.5, 0.6) is 0 Å². The van der Waals surface area contributed by atoms with Gasteiger partial charge in [-0.25, -0.2) is 4.98 Å².